The van der Waals surface area contributed by atoms with Gasteiger partial charge >= 0.3 is 0 Å². The minimum atomic E-state index is -1.01. The first-order valence-corrected chi connectivity index (χ1v) is 5.62. The van der Waals surface area contributed by atoms with E-state index in [1.54, 1.807) is 6.07 Å². The van der Waals surface area contributed by atoms with Crippen molar-refractivity contribution in [2.45, 2.75) is 32.3 Å². The lowest BCUT2D eigenvalue weighted by atomic mass is 10.0. The molecule has 0 bridgehead atoms. The van der Waals surface area contributed by atoms with E-state index in [1.807, 2.05) is 6.92 Å². The van der Waals surface area contributed by atoms with Gasteiger partial charge in [-0.1, -0.05) is 25.5 Å². The van der Waals surface area contributed by atoms with Crippen molar-refractivity contribution in [1.82, 2.24) is 0 Å². The molecule has 94 valence electrons. The van der Waals surface area contributed by atoms with Crippen molar-refractivity contribution < 1.29 is 19.0 Å². The summed E-state index contributed by atoms with van der Waals surface area (Å²) >= 11 is 0. The molecule has 0 amide bonds. The number of rotatable bonds is 6. The van der Waals surface area contributed by atoms with Crippen molar-refractivity contribution in [3.05, 3.63) is 29.6 Å². The van der Waals surface area contributed by atoms with Crippen LogP contribution >= 0.6 is 0 Å². The molecule has 0 saturated heterocycles. The van der Waals surface area contributed by atoms with Gasteiger partial charge in [-0.3, -0.25) is 4.79 Å². The lowest BCUT2D eigenvalue weighted by molar-refractivity contribution is -0.126. The predicted octanol–water partition coefficient (Wildman–Crippen LogP) is 2.11. The van der Waals surface area contributed by atoms with E-state index in [1.165, 1.54) is 19.2 Å². The highest BCUT2D eigenvalue weighted by Gasteiger charge is 2.17. The topological polar surface area (TPSA) is 46.5 Å². The number of benzene rings is 1. The van der Waals surface area contributed by atoms with Crippen LogP contribution in [-0.2, 0) is 11.2 Å². The third kappa shape index (κ3) is 3.53. The number of hydrogen-bond acceptors (Lipinski definition) is 3. The summed E-state index contributed by atoms with van der Waals surface area (Å²) in [6.45, 7) is 1.88. The molecule has 1 aromatic carbocycles. The third-order valence-corrected chi connectivity index (χ3v) is 2.56. The Morgan fingerprint density at radius 3 is 2.82 bits per heavy atom. The number of carbonyl (C=O) groups excluding carboxylic acids is 1. The standard InChI is InChI=1S/C13H17FO3/c1-3-5-10(15)11(16)8-9-6-4-7-12(17-2)13(9)14/h4,6-7,10,15H,3,5,8H2,1-2H3. The number of hydrogen-bond donors (Lipinski definition) is 1. The van der Waals surface area contributed by atoms with E-state index < -0.39 is 11.9 Å². The van der Waals surface area contributed by atoms with E-state index >= 15 is 0 Å². The number of aliphatic hydroxyl groups is 1. The Balaban J connectivity index is 2.78. The van der Waals surface area contributed by atoms with Gasteiger partial charge in [0.15, 0.2) is 17.3 Å². The molecule has 0 radical (unpaired) electrons. The van der Waals surface area contributed by atoms with Gasteiger partial charge in [0.25, 0.3) is 0 Å². The predicted molar refractivity (Wildman–Crippen MR) is 62.6 cm³/mol. The Hall–Kier alpha value is -1.42. The molecule has 0 fully saturated rings. The minimum Gasteiger partial charge on any atom is -0.494 e. The lowest BCUT2D eigenvalue weighted by Crippen LogP contribution is -2.22. The van der Waals surface area contributed by atoms with Crippen LogP contribution in [0.15, 0.2) is 18.2 Å². The molecule has 0 aromatic heterocycles. The maximum absolute atomic E-state index is 13.7. The van der Waals surface area contributed by atoms with Gasteiger partial charge in [0.1, 0.15) is 6.10 Å². The molecule has 0 heterocycles. The summed E-state index contributed by atoms with van der Waals surface area (Å²) in [7, 11) is 1.37. The van der Waals surface area contributed by atoms with Crippen LogP contribution in [0.25, 0.3) is 0 Å². The van der Waals surface area contributed by atoms with Crippen molar-refractivity contribution in [2.75, 3.05) is 7.11 Å². The fourth-order valence-corrected chi connectivity index (χ4v) is 1.59. The van der Waals surface area contributed by atoms with Crippen LogP contribution in [0.3, 0.4) is 0 Å². The first-order chi connectivity index (χ1) is 8.10. The van der Waals surface area contributed by atoms with Crippen LogP contribution in [0, 0.1) is 5.82 Å². The summed E-state index contributed by atoms with van der Waals surface area (Å²) in [6, 6.07) is 4.64. The largest absolute Gasteiger partial charge is 0.494 e. The molecular formula is C13H17FO3. The smallest absolute Gasteiger partial charge is 0.168 e. The van der Waals surface area contributed by atoms with Gasteiger partial charge in [0.2, 0.25) is 0 Å². The lowest BCUT2D eigenvalue weighted by Gasteiger charge is -2.10. The minimum absolute atomic E-state index is 0.107. The first kappa shape index (κ1) is 13.6. The van der Waals surface area contributed by atoms with E-state index in [2.05, 4.69) is 0 Å². The number of ketones is 1. The van der Waals surface area contributed by atoms with E-state index in [-0.39, 0.29) is 23.5 Å². The maximum Gasteiger partial charge on any atom is 0.168 e. The third-order valence-electron chi connectivity index (χ3n) is 2.56. The molecule has 4 heteroatoms. The Labute approximate surface area is 100 Å². The molecule has 1 rings (SSSR count). The fourth-order valence-electron chi connectivity index (χ4n) is 1.59. The second kappa shape index (κ2) is 6.35. The average Bonchev–Trinajstić information content (AvgIpc) is 2.32. The summed E-state index contributed by atoms with van der Waals surface area (Å²) in [5.41, 5.74) is 0.254. The molecular weight excluding hydrogens is 223 g/mol. The van der Waals surface area contributed by atoms with Crippen LogP contribution in [0.1, 0.15) is 25.3 Å². The van der Waals surface area contributed by atoms with Crippen LogP contribution < -0.4 is 4.74 Å². The summed E-state index contributed by atoms with van der Waals surface area (Å²) in [5, 5.41) is 9.49. The summed E-state index contributed by atoms with van der Waals surface area (Å²) in [6.07, 6.45) is 0.00729. The van der Waals surface area contributed by atoms with Crippen molar-refractivity contribution in [1.29, 1.82) is 0 Å². The SMILES string of the molecule is CCCC(O)C(=O)Cc1cccc(OC)c1F. The summed E-state index contributed by atoms with van der Waals surface area (Å²) < 4.78 is 18.6. The number of Topliss-reactive ketones (excluding diaryl/α,β-unsaturated/α-hetero) is 1. The maximum atomic E-state index is 13.7. The summed E-state index contributed by atoms with van der Waals surface area (Å²) in [4.78, 5) is 11.6. The average molecular weight is 240 g/mol. The molecule has 0 aliphatic rings. The molecule has 17 heavy (non-hydrogen) atoms. The normalized spacial score (nSPS) is 12.2. The van der Waals surface area contributed by atoms with Crippen LogP contribution in [-0.4, -0.2) is 24.1 Å². The molecule has 0 saturated carbocycles. The molecule has 1 atom stereocenters. The zero-order chi connectivity index (χ0) is 12.8. The molecule has 0 aliphatic carbocycles. The summed E-state index contributed by atoms with van der Waals surface area (Å²) in [5.74, 6) is -0.786. The Morgan fingerprint density at radius 1 is 1.53 bits per heavy atom. The van der Waals surface area contributed by atoms with Gasteiger partial charge in [-0.25, -0.2) is 4.39 Å². The number of methoxy groups -OCH3 is 1. The van der Waals surface area contributed by atoms with Crippen molar-refractivity contribution in [3.63, 3.8) is 0 Å². The highest BCUT2D eigenvalue weighted by molar-refractivity contribution is 5.85. The van der Waals surface area contributed by atoms with Gasteiger partial charge in [-0.05, 0) is 18.1 Å². The van der Waals surface area contributed by atoms with Gasteiger partial charge in [0, 0.05) is 6.42 Å². The molecule has 3 nitrogen and oxygen atoms in total. The Kier molecular flexibility index (Phi) is 5.10. The van der Waals surface area contributed by atoms with Crippen LogP contribution in [0.2, 0.25) is 0 Å². The van der Waals surface area contributed by atoms with E-state index in [4.69, 9.17) is 4.74 Å². The van der Waals surface area contributed by atoms with Gasteiger partial charge in [-0.15, -0.1) is 0 Å². The molecule has 0 aliphatic heterocycles. The number of carbonyl (C=O) groups is 1. The Bertz CT molecular complexity index is 390. The highest BCUT2D eigenvalue weighted by Crippen LogP contribution is 2.20. The second-order valence-electron chi connectivity index (χ2n) is 3.88. The van der Waals surface area contributed by atoms with E-state index in [9.17, 15) is 14.3 Å². The van der Waals surface area contributed by atoms with E-state index in [0.717, 1.165) is 0 Å². The van der Waals surface area contributed by atoms with Crippen molar-refractivity contribution >= 4 is 5.78 Å². The quantitative estimate of drug-likeness (QED) is 0.828. The molecule has 1 aromatic rings. The zero-order valence-corrected chi connectivity index (χ0v) is 10.1. The zero-order valence-electron chi connectivity index (χ0n) is 10.1. The van der Waals surface area contributed by atoms with Crippen LogP contribution in [0.5, 0.6) is 5.75 Å². The molecule has 1 unspecified atom stereocenters. The fraction of sp³-hybridized carbons (Fsp3) is 0.462. The van der Waals surface area contributed by atoms with Crippen molar-refractivity contribution in [2.24, 2.45) is 0 Å². The van der Waals surface area contributed by atoms with E-state index in [0.29, 0.717) is 12.8 Å². The number of aliphatic hydroxyl groups excluding tert-OH is 1. The number of halogens is 1. The first-order valence-electron chi connectivity index (χ1n) is 5.62. The Morgan fingerprint density at radius 2 is 2.24 bits per heavy atom. The van der Waals surface area contributed by atoms with Gasteiger partial charge in [-0.2, -0.15) is 0 Å². The number of ether oxygens (including phenoxy) is 1. The van der Waals surface area contributed by atoms with Gasteiger partial charge < -0.3 is 9.84 Å². The van der Waals surface area contributed by atoms with Gasteiger partial charge in [0.05, 0.1) is 7.11 Å². The molecule has 1 N–H and O–H groups in total. The van der Waals surface area contributed by atoms with Crippen LogP contribution in [0.4, 0.5) is 4.39 Å². The van der Waals surface area contributed by atoms with Crippen molar-refractivity contribution in [3.8, 4) is 5.75 Å². The second-order valence-corrected chi connectivity index (χ2v) is 3.88. The highest BCUT2D eigenvalue weighted by atomic mass is 19.1. The molecule has 0 spiro atoms. The monoisotopic (exact) mass is 240 g/mol.